The highest BCUT2D eigenvalue weighted by Crippen LogP contribution is 2.38. The van der Waals surface area contributed by atoms with E-state index in [9.17, 15) is 10.1 Å². The summed E-state index contributed by atoms with van der Waals surface area (Å²) in [6.45, 7) is 0.916. The van der Waals surface area contributed by atoms with Gasteiger partial charge in [-0.15, -0.1) is 0 Å². The SMILES string of the molecule is N#Cc1c(COC(=O)Cc2cc(Cl)c3c(c2)OCCO3)cn2ccccc12. The number of halogens is 1. The van der Waals surface area contributed by atoms with Gasteiger partial charge in [-0.25, -0.2) is 0 Å². The monoisotopic (exact) mass is 382 g/mol. The predicted molar refractivity (Wildman–Crippen MR) is 98.1 cm³/mol. The quantitative estimate of drug-likeness (QED) is 0.645. The Morgan fingerprint density at radius 3 is 3.00 bits per heavy atom. The van der Waals surface area contributed by atoms with E-state index in [1.165, 1.54) is 0 Å². The minimum Gasteiger partial charge on any atom is -0.486 e. The molecule has 136 valence electrons. The Bertz CT molecular complexity index is 1070. The molecule has 0 unspecified atom stereocenters. The number of pyridine rings is 1. The van der Waals surface area contributed by atoms with Crippen molar-refractivity contribution in [3.63, 3.8) is 0 Å². The summed E-state index contributed by atoms with van der Waals surface area (Å²) in [6.07, 6.45) is 3.69. The molecule has 1 aliphatic rings. The van der Waals surface area contributed by atoms with Gasteiger partial charge in [-0.3, -0.25) is 4.79 Å². The predicted octanol–water partition coefficient (Wildman–Crippen LogP) is 3.52. The maximum absolute atomic E-state index is 12.3. The second kappa shape index (κ2) is 7.22. The van der Waals surface area contributed by atoms with Crippen LogP contribution in [0.2, 0.25) is 5.02 Å². The zero-order valence-corrected chi connectivity index (χ0v) is 15.0. The summed E-state index contributed by atoms with van der Waals surface area (Å²) in [7, 11) is 0. The molecule has 6 nitrogen and oxygen atoms in total. The smallest absolute Gasteiger partial charge is 0.310 e. The lowest BCUT2D eigenvalue weighted by atomic mass is 10.1. The Balaban J connectivity index is 1.46. The molecule has 3 aromatic rings. The van der Waals surface area contributed by atoms with Crippen LogP contribution in [0, 0.1) is 11.3 Å². The van der Waals surface area contributed by atoms with Crippen molar-refractivity contribution >= 4 is 23.1 Å². The Morgan fingerprint density at radius 2 is 2.15 bits per heavy atom. The first kappa shape index (κ1) is 17.3. The summed E-state index contributed by atoms with van der Waals surface area (Å²) >= 11 is 6.19. The lowest BCUT2D eigenvalue weighted by molar-refractivity contribution is -0.144. The molecule has 0 spiro atoms. The third kappa shape index (κ3) is 3.42. The molecule has 0 atom stereocenters. The maximum Gasteiger partial charge on any atom is 0.310 e. The number of hydrogen-bond donors (Lipinski definition) is 0. The summed E-state index contributed by atoms with van der Waals surface area (Å²) in [4.78, 5) is 12.3. The molecule has 0 saturated heterocycles. The van der Waals surface area contributed by atoms with E-state index >= 15 is 0 Å². The highest BCUT2D eigenvalue weighted by Gasteiger charge is 2.18. The van der Waals surface area contributed by atoms with Crippen molar-refractivity contribution in [2.45, 2.75) is 13.0 Å². The van der Waals surface area contributed by atoms with E-state index in [2.05, 4.69) is 6.07 Å². The van der Waals surface area contributed by atoms with Crippen molar-refractivity contribution in [2.24, 2.45) is 0 Å². The van der Waals surface area contributed by atoms with Crippen LogP contribution in [-0.4, -0.2) is 23.6 Å². The fourth-order valence-corrected chi connectivity index (χ4v) is 3.35. The van der Waals surface area contributed by atoms with E-state index in [1.807, 2.05) is 28.8 Å². The van der Waals surface area contributed by atoms with Crippen LogP contribution in [0.25, 0.3) is 5.52 Å². The molecule has 2 aromatic heterocycles. The first-order valence-electron chi connectivity index (χ1n) is 8.38. The van der Waals surface area contributed by atoms with Gasteiger partial charge in [0.15, 0.2) is 11.5 Å². The van der Waals surface area contributed by atoms with Crippen molar-refractivity contribution < 1.29 is 19.0 Å². The van der Waals surface area contributed by atoms with E-state index in [-0.39, 0.29) is 13.0 Å². The molecule has 0 amide bonds. The zero-order valence-electron chi connectivity index (χ0n) is 14.3. The number of nitrogens with zero attached hydrogens (tertiary/aromatic N) is 2. The minimum atomic E-state index is -0.415. The van der Waals surface area contributed by atoms with Crippen LogP contribution in [-0.2, 0) is 22.6 Å². The van der Waals surface area contributed by atoms with E-state index < -0.39 is 5.97 Å². The molecule has 0 radical (unpaired) electrons. The Kier molecular flexibility index (Phi) is 4.61. The standard InChI is InChI=1S/C20H15ClN2O4/c21-16-7-13(8-18-20(16)26-6-5-25-18)9-19(24)27-12-14-11-23-4-2-1-3-17(23)15(14)10-22/h1-4,7-8,11H,5-6,9,12H2. The van der Waals surface area contributed by atoms with Crippen molar-refractivity contribution in [3.8, 4) is 17.6 Å². The van der Waals surface area contributed by atoms with Gasteiger partial charge in [0.2, 0.25) is 0 Å². The number of carbonyl (C=O) groups is 1. The molecule has 1 aromatic carbocycles. The number of benzene rings is 1. The first-order chi connectivity index (χ1) is 13.2. The molecular formula is C20H15ClN2O4. The number of aromatic nitrogens is 1. The lowest BCUT2D eigenvalue weighted by Gasteiger charge is -2.20. The molecule has 0 saturated carbocycles. The Morgan fingerprint density at radius 1 is 1.30 bits per heavy atom. The van der Waals surface area contributed by atoms with Crippen molar-refractivity contribution in [1.82, 2.24) is 4.40 Å². The zero-order chi connectivity index (χ0) is 18.8. The number of rotatable bonds is 4. The molecule has 7 heteroatoms. The maximum atomic E-state index is 12.3. The van der Waals surface area contributed by atoms with Gasteiger partial charge in [0.1, 0.15) is 25.9 Å². The number of ether oxygens (including phenoxy) is 3. The first-order valence-corrected chi connectivity index (χ1v) is 8.76. The van der Waals surface area contributed by atoms with Crippen molar-refractivity contribution in [3.05, 3.63) is 64.4 Å². The summed E-state index contributed by atoms with van der Waals surface area (Å²) in [5, 5.41) is 9.81. The number of esters is 1. The van der Waals surface area contributed by atoms with E-state index in [0.29, 0.717) is 46.4 Å². The summed E-state index contributed by atoms with van der Waals surface area (Å²) in [5.74, 6) is 0.614. The van der Waals surface area contributed by atoms with Crippen LogP contribution in [0.5, 0.6) is 11.5 Å². The van der Waals surface area contributed by atoms with Crippen LogP contribution in [0.15, 0.2) is 42.7 Å². The van der Waals surface area contributed by atoms with Gasteiger partial charge in [0, 0.05) is 18.0 Å². The molecular weight excluding hydrogens is 368 g/mol. The second-order valence-corrected chi connectivity index (χ2v) is 6.48. The van der Waals surface area contributed by atoms with Crippen LogP contribution in [0.3, 0.4) is 0 Å². The second-order valence-electron chi connectivity index (χ2n) is 6.07. The highest BCUT2D eigenvalue weighted by atomic mass is 35.5. The molecule has 1 aliphatic heterocycles. The van der Waals surface area contributed by atoms with Crippen LogP contribution >= 0.6 is 11.6 Å². The van der Waals surface area contributed by atoms with Gasteiger partial charge in [-0.2, -0.15) is 5.26 Å². The van der Waals surface area contributed by atoms with Gasteiger partial charge in [0.25, 0.3) is 0 Å². The molecule has 0 N–H and O–H groups in total. The molecule has 27 heavy (non-hydrogen) atoms. The Hall–Kier alpha value is -3.17. The lowest BCUT2D eigenvalue weighted by Crippen LogP contribution is -2.16. The van der Waals surface area contributed by atoms with Gasteiger partial charge >= 0.3 is 5.97 Å². The van der Waals surface area contributed by atoms with Crippen LogP contribution in [0.1, 0.15) is 16.7 Å². The Labute approximate surface area is 160 Å². The summed E-state index contributed by atoms with van der Waals surface area (Å²) in [6, 6.07) is 11.2. The average molecular weight is 383 g/mol. The van der Waals surface area contributed by atoms with Gasteiger partial charge in [0.05, 0.1) is 22.5 Å². The summed E-state index contributed by atoms with van der Waals surface area (Å²) < 4.78 is 18.2. The van der Waals surface area contributed by atoms with Gasteiger partial charge < -0.3 is 18.6 Å². The number of carbonyl (C=O) groups excluding carboxylic acids is 1. The fraction of sp³-hybridized carbons (Fsp3) is 0.200. The molecule has 4 rings (SSSR count). The minimum absolute atomic E-state index is 0.0295. The largest absolute Gasteiger partial charge is 0.486 e. The third-order valence-electron chi connectivity index (χ3n) is 4.27. The molecule has 0 bridgehead atoms. The van der Waals surface area contributed by atoms with Crippen molar-refractivity contribution in [1.29, 1.82) is 5.26 Å². The van der Waals surface area contributed by atoms with Gasteiger partial charge in [-0.05, 0) is 29.8 Å². The van der Waals surface area contributed by atoms with Crippen molar-refractivity contribution in [2.75, 3.05) is 13.2 Å². The number of nitriles is 1. The van der Waals surface area contributed by atoms with Crippen LogP contribution in [0.4, 0.5) is 0 Å². The highest BCUT2D eigenvalue weighted by molar-refractivity contribution is 6.32. The molecule has 0 fully saturated rings. The van der Waals surface area contributed by atoms with E-state index in [0.717, 1.165) is 5.52 Å². The number of hydrogen-bond acceptors (Lipinski definition) is 5. The average Bonchev–Trinajstić information content (AvgIpc) is 3.04. The topological polar surface area (TPSA) is 73.0 Å². The number of fused-ring (bicyclic) bond motifs is 2. The third-order valence-corrected chi connectivity index (χ3v) is 4.55. The van der Waals surface area contributed by atoms with E-state index in [4.69, 9.17) is 25.8 Å². The van der Waals surface area contributed by atoms with Crippen LogP contribution < -0.4 is 9.47 Å². The molecule has 3 heterocycles. The summed E-state index contributed by atoms with van der Waals surface area (Å²) in [5.41, 5.74) is 2.63. The molecule has 0 aliphatic carbocycles. The van der Waals surface area contributed by atoms with E-state index in [1.54, 1.807) is 18.3 Å². The fourth-order valence-electron chi connectivity index (χ4n) is 3.06. The normalized spacial score (nSPS) is 12.6. The van der Waals surface area contributed by atoms with Gasteiger partial charge in [-0.1, -0.05) is 17.7 Å².